The Kier molecular flexibility index (Phi) is 4.69. The molecule has 0 aliphatic heterocycles. The second-order valence-electron chi connectivity index (χ2n) is 3.41. The van der Waals surface area contributed by atoms with E-state index in [2.05, 4.69) is 25.6 Å². The maximum atomic E-state index is 5.68. The lowest BCUT2D eigenvalue weighted by Gasteiger charge is -2.09. The maximum Gasteiger partial charge on any atom is 0.113 e. The third-order valence-electron chi connectivity index (χ3n) is 2.38. The van der Waals surface area contributed by atoms with Gasteiger partial charge in [0.1, 0.15) is 6.61 Å². The fourth-order valence-corrected chi connectivity index (χ4v) is 1.40. The summed E-state index contributed by atoms with van der Waals surface area (Å²) in [6.07, 6.45) is 2.82. The third-order valence-corrected chi connectivity index (χ3v) is 2.38. The van der Waals surface area contributed by atoms with E-state index >= 15 is 0 Å². The fraction of sp³-hybridized carbons (Fsp3) is 0.286. The van der Waals surface area contributed by atoms with Gasteiger partial charge in [0, 0.05) is 0 Å². The van der Waals surface area contributed by atoms with Crippen molar-refractivity contribution < 1.29 is 4.74 Å². The predicted octanol–water partition coefficient (Wildman–Crippen LogP) is 4.07. The normalized spacial score (nSPS) is 11.9. The first-order chi connectivity index (χ1) is 7.27. The van der Waals surface area contributed by atoms with Crippen LogP contribution in [0.3, 0.4) is 0 Å². The molecule has 0 saturated heterocycles. The van der Waals surface area contributed by atoms with E-state index in [0.29, 0.717) is 6.61 Å². The predicted molar refractivity (Wildman–Crippen MR) is 64.4 cm³/mol. The molecular weight excluding hydrogens is 184 g/mol. The Morgan fingerprint density at radius 3 is 2.53 bits per heavy atom. The van der Waals surface area contributed by atoms with E-state index in [1.807, 2.05) is 31.2 Å². The van der Waals surface area contributed by atoms with Crippen LogP contribution in [0, 0.1) is 0 Å². The quantitative estimate of drug-likeness (QED) is 0.516. The van der Waals surface area contributed by atoms with Crippen molar-refractivity contribution in [3.8, 4) is 0 Å². The van der Waals surface area contributed by atoms with E-state index in [9.17, 15) is 0 Å². The summed E-state index contributed by atoms with van der Waals surface area (Å²) in [5, 5.41) is 0. The highest BCUT2D eigenvalue weighted by atomic mass is 16.5. The minimum Gasteiger partial charge on any atom is -0.493 e. The van der Waals surface area contributed by atoms with Crippen LogP contribution in [0.1, 0.15) is 25.8 Å². The van der Waals surface area contributed by atoms with Crippen LogP contribution in [-0.4, -0.2) is 0 Å². The van der Waals surface area contributed by atoms with Crippen molar-refractivity contribution in [3.05, 3.63) is 59.9 Å². The minimum absolute atomic E-state index is 0.629. The molecule has 0 bridgehead atoms. The molecule has 0 aromatic heterocycles. The zero-order valence-electron chi connectivity index (χ0n) is 9.49. The molecule has 0 amide bonds. The van der Waals surface area contributed by atoms with E-state index in [-0.39, 0.29) is 0 Å². The van der Waals surface area contributed by atoms with Gasteiger partial charge in [-0.15, -0.1) is 0 Å². The molecule has 15 heavy (non-hydrogen) atoms. The maximum absolute atomic E-state index is 5.68. The number of ether oxygens (including phenoxy) is 1. The second kappa shape index (κ2) is 6.07. The molecule has 0 spiro atoms. The van der Waals surface area contributed by atoms with Crippen LogP contribution in [0.5, 0.6) is 0 Å². The van der Waals surface area contributed by atoms with Crippen molar-refractivity contribution in [2.75, 3.05) is 0 Å². The fourth-order valence-electron chi connectivity index (χ4n) is 1.40. The molecule has 0 radical (unpaired) electrons. The molecule has 0 fully saturated rings. The van der Waals surface area contributed by atoms with Crippen molar-refractivity contribution in [1.29, 1.82) is 0 Å². The van der Waals surface area contributed by atoms with E-state index in [1.165, 1.54) is 11.1 Å². The van der Waals surface area contributed by atoms with Crippen LogP contribution >= 0.6 is 0 Å². The van der Waals surface area contributed by atoms with Crippen LogP contribution in [0.4, 0.5) is 0 Å². The number of hydrogen-bond acceptors (Lipinski definition) is 1. The van der Waals surface area contributed by atoms with Crippen molar-refractivity contribution >= 4 is 0 Å². The first kappa shape index (κ1) is 11.6. The zero-order chi connectivity index (χ0) is 11.1. The van der Waals surface area contributed by atoms with Crippen molar-refractivity contribution in [3.63, 3.8) is 0 Å². The lowest BCUT2D eigenvalue weighted by atomic mass is 10.2. The van der Waals surface area contributed by atoms with E-state index < -0.39 is 0 Å². The van der Waals surface area contributed by atoms with Crippen LogP contribution < -0.4 is 0 Å². The second-order valence-corrected chi connectivity index (χ2v) is 3.41. The Bertz CT molecular complexity index is 336. The van der Waals surface area contributed by atoms with Gasteiger partial charge in [0.15, 0.2) is 0 Å². The van der Waals surface area contributed by atoms with Crippen LogP contribution in [0.2, 0.25) is 0 Å². The van der Waals surface area contributed by atoms with Gasteiger partial charge < -0.3 is 4.74 Å². The molecule has 0 aliphatic carbocycles. The van der Waals surface area contributed by atoms with Gasteiger partial charge in [-0.3, -0.25) is 0 Å². The Balaban J connectivity index is 2.57. The van der Waals surface area contributed by atoms with E-state index in [4.69, 9.17) is 4.74 Å². The summed E-state index contributed by atoms with van der Waals surface area (Å²) in [6.45, 7) is 8.49. The summed E-state index contributed by atoms with van der Waals surface area (Å²) in [4.78, 5) is 0. The van der Waals surface area contributed by atoms with Gasteiger partial charge in [-0.05, 0) is 24.5 Å². The Labute approximate surface area is 92.1 Å². The SMILES string of the molecule is C=C/C(CC)=C(\C)OCc1ccccc1. The number of allylic oxidation sites excluding steroid dienone is 3. The Hall–Kier alpha value is -1.50. The van der Waals surface area contributed by atoms with Gasteiger partial charge in [0.2, 0.25) is 0 Å². The smallest absolute Gasteiger partial charge is 0.113 e. The Morgan fingerprint density at radius 1 is 1.33 bits per heavy atom. The molecule has 1 nitrogen and oxygen atoms in total. The minimum atomic E-state index is 0.629. The molecule has 1 aromatic carbocycles. The molecule has 80 valence electrons. The number of hydrogen-bond donors (Lipinski definition) is 0. The summed E-state index contributed by atoms with van der Waals surface area (Å²) in [5.74, 6) is 0.969. The van der Waals surface area contributed by atoms with Crippen LogP contribution in [-0.2, 0) is 11.3 Å². The average Bonchev–Trinajstić information content (AvgIpc) is 2.29. The summed E-state index contributed by atoms with van der Waals surface area (Å²) < 4.78 is 5.68. The van der Waals surface area contributed by atoms with Gasteiger partial charge in [-0.2, -0.15) is 0 Å². The van der Waals surface area contributed by atoms with E-state index in [0.717, 1.165) is 12.2 Å². The van der Waals surface area contributed by atoms with Crippen LogP contribution in [0.15, 0.2) is 54.3 Å². The third kappa shape index (κ3) is 3.62. The monoisotopic (exact) mass is 202 g/mol. The number of rotatable bonds is 5. The molecule has 0 atom stereocenters. The van der Waals surface area contributed by atoms with Crippen molar-refractivity contribution in [2.45, 2.75) is 26.9 Å². The molecule has 0 aliphatic rings. The standard InChI is InChI=1S/C14H18O/c1-4-14(5-2)12(3)15-11-13-9-7-6-8-10-13/h4,6-10H,1,5,11H2,2-3H3/b14-12-. The van der Waals surface area contributed by atoms with E-state index in [1.54, 1.807) is 0 Å². The highest BCUT2D eigenvalue weighted by Gasteiger charge is 1.98. The summed E-state index contributed by atoms with van der Waals surface area (Å²) in [6, 6.07) is 10.2. The lowest BCUT2D eigenvalue weighted by molar-refractivity contribution is 0.197. The lowest BCUT2D eigenvalue weighted by Crippen LogP contribution is -1.93. The van der Waals surface area contributed by atoms with Crippen molar-refractivity contribution in [2.24, 2.45) is 0 Å². The molecule has 0 heterocycles. The molecule has 0 N–H and O–H groups in total. The molecular formula is C14H18O. The van der Waals surface area contributed by atoms with Crippen molar-refractivity contribution in [1.82, 2.24) is 0 Å². The summed E-state index contributed by atoms with van der Waals surface area (Å²) >= 11 is 0. The van der Waals surface area contributed by atoms with Gasteiger partial charge in [0.25, 0.3) is 0 Å². The highest BCUT2D eigenvalue weighted by Crippen LogP contribution is 2.13. The first-order valence-corrected chi connectivity index (χ1v) is 5.26. The zero-order valence-corrected chi connectivity index (χ0v) is 9.49. The van der Waals surface area contributed by atoms with Gasteiger partial charge in [0.05, 0.1) is 5.76 Å². The van der Waals surface area contributed by atoms with Gasteiger partial charge in [-0.25, -0.2) is 0 Å². The number of benzene rings is 1. The molecule has 0 unspecified atom stereocenters. The molecule has 1 aromatic rings. The first-order valence-electron chi connectivity index (χ1n) is 5.26. The Morgan fingerprint density at radius 2 is 2.00 bits per heavy atom. The summed E-state index contributed by atoms with van der Waals surface area (Å²) in [7, 11) is 0. The molecule has 1 rings (SSSR count). The highest BCUT2D eigenvalue weighted by molar-refractivity contribution is 5.19. The summed E-state index contributed by atoms with van der Waals surface area (Å²) in [5.41, 5.74) is 2.36. The van der Waals surface area contributed by atoms with Crippen LogP contribution in [0.25, 0.3) is 0 Å². The van der Waals surface area contributed by atoms with Gasteiger partial charge in [-0.1, -0.05) is 49.9 Å². The average molecular weight is 202 g/mol. The largest absolute Gasteiger partial charge is 0.493 e. The molecule has 1 heteroatoms. The molecule has 0 saturated carbocycles. The van der Waals surface area contributed by atoms with Gasteiger partial charge >= 0.3 is 0 Å². The topological polar surface area (TPSA) is 9.23 Å².